The first kappa shape index (κ1) is 7.00. The van der Waals surface area contributed by atoms with Gasteiger partial charge in [-0.2, -0.15) is 0 Å². The van der Waals surface area contributed by atoms with E-state index in [4.69, 9.17) is 0 Å². The molecule has 5 heteroatoms. The van der Waals surface area contributed by atoms with E-state index in [9.17, 15) is 9.59 Å². The summed E-state index contributed by atoms with van der Waals surface area (Å²) in [7, 11) is 2.22. The highest BCUT2D eigenvalue weighted by Gasteiger charge is 2.11. The predicted molar refractivity (Wildman–Crippen MR) is 26.7 cm³/mol. The molecule has 0 amide bonds. The van der Waals surface area contributed by atoms with Crippen LogP contribution in [-0.4, -0.2) is 27.1 Å². The minimum absolute atomic E-state index is 0.979. The second-order valence-corrected chi connectivity index (χ2v) is 0.983. The Hall–Kier alpha value is -0.995. The van der Waals surface area contributed by atoms with Gasteiger partial charge < -0.3 is 9.39 Å². The number of hydrogen-bond acceptors (Lipinski definition) is 4. The van der Waals surface area contributed by atoms with Gasteiger partial charge in [0.05, 0.1) is 7.11 Å². The van der Waals surface area contributed by atoms with Crippen molar-refractivity contribution in [1.29, 1.82) is 0 Å². The third kappa shape index (κ3) is 1.64. The molecule has 0 aromatic heterocycles. The van der Waals surface area contributed by atoms with Crippen molar-refractivity contribution in [3.05, 3.63) is 0 Å². The van der Waals surface area contributed by atoms with Crippen LogP contribution in [-0.2, 0) is 19.0 Å². The smallest absolute Gasteiger partial charge is 0.415 e. The molecule has 0 fully saturated rings. The quantitative estimate of drug-likeness (QED) is 0.214. The highest BCUT2D eigenvalue weighted by Crippen LogP contribution is 1.75. The summed E-state index contributed by atoms with van der Waals surface area (Å²) in [6.07, 6.45) is 0. The van der Waals surface area contributed by atoms with Gasteiger partial charge in [-0.15, -0.1) is 0 Å². The van der Waals surface area contributed by atoms with Crippen LogP contribution >= 0.6 is 0 Å². The molecule has 4 nitrogen and oxygen atoms in total. The van der Waals surface area contributed by atoms with Crippen molar-refractivity contribution in [2.45, 2.75) is 0 Å². The summed E-state index contributed by atoms with van der Waals surface area (Å²) >= 11 is 0. The molecule has 0 saturated carbocycles. The van der Waals surface area contributed by atoms with Gasteiger partial charge in [-0.05, 0) is 0 Å². The number of esters is 1. The first-order valence-electron chi connectivity index (χ1n) is 1.88. The molecule has 0 spiro atoms. The van der Waals surface area contributed by atoms with E-state index in [2.05, 4.69) is 9.39 Å². The minimum atomic E-state index is -0.979. The zero-order valence-corrected chi connectivity index (χ0v) is 4.63. The van der Waals surface area contributed by atoms with E-state index in [1.807, 2.05) is 0 Å². The Kier molecular flexibility index (Phi) is 2.68. The summed E-state index contributed by atoms with van der Waals surface area (Å²) in [4.78, 5) is 20.1. The minimum Gasteiger partial charge on any atom is -0.535 e. The maximum absolute atomic E-state index is 10.0. The Labute approximate surface area is 47.2 Å². The number of rotatable bonds is 0. The van der Waals surface area contributed by atoms with Gasteiger partial charge in [0.2, 0.25) is 0 Å². The van der Waals surface area contributed by atoms with Crippen LogP contribution in [0, 0.1) is 0 Å². The molecule has 0 saturated heterocycles. The fourth-order valence-electron chi connectivity index (χ4n) is 0.167. The Morgan fingerprint density at radius 2 is 1.88 bits per heavy atom. The Morgan fingerprint density at radius 3 is 2.00 bits per heavy atom. The fourth-order valence-corrected chi connectivity index (χ4v) is 0.167. The monoisotopic (exact) mass is 116 g/mol. The lowest BCUT2D eigenvalue weighted by Gasteiger charge is -1.93. The van der Waals surface area contributed by atoms with Gasteiger partial charge in [0.15, 0.2) is 0 Å². The summed E-state index contributed by atoms with van der Waals surface area (Å²) in [6, 6.07) is 0. The second-order valence-electron chi connectivity index (χ2n) is 0.983. The number of hydrogen-bond donors (Lipinski definition) is 0. The van der Waals surface area contributed by atoms with Crippen LogP contribution in [0.4, 0.5) is 0 Å². The second kappa shape index (κ2) is 3.07. The number of carbonyl (C=O) groups is 2. The molecule has 44 valence electrons. The Bertz CT molecular complexity index is 95.9. The molecule has 0 aliphatic rings. The molecule has 0 N–H and O–H groups in total. The zero-order valence-electron chi connectivity index (χ0n) is 4.63. The SMILES string of the molecule is BOC(=O)C(=O)OC. The van der Waals surface area contributed by atoms with E-state index in [0.717, 1.165) is 15.2 Å². The van der Waals surface area contributed by atoms with E-state index < -0.39 is 11.9 Å². The molecule has 0 atom stereocenters. The zero-order chi connectivity index (χ0) is 6.57. The predicted octanol–water partition coefficient (Wildman–Crippen LogP) is -1.75. The maximum atomic E-state index is 10.0. The Morgan fingerprint density at radius 1 is 1.38 bits per heavy atom. The molecule has 0 aromatic rings. The van der Waals surface area contributed by atoms with E-state index in [1.54, 1.807) is 0 Å². The average molecular weight is 116 g/mol. The van der Waals surface area contributed by atoms with Crippen molar-refractivity contribution < 1.29 is 19.0 Å². The van der Waals surface area contributed by atoms with E-state index >= 15 is 0 Å². The number of methoxy groups -OCH3 is 1. The normalized spacial score (nSPS) is 7.62. The van der Waals surface area contributed by atoms with Gasteiger partial charge in [-0.3, -0.25) is 0 Å². The Balaban J connectivity index is 3.64. The largest absolute Gasteiger partial charge is 0.535 e. The third-order valence-corrected chi connectivity index (χ3v) is 0.537. The van der Waals surface area contributed by atoms with E-state index in [0.29, 0.717) is 0 Å². The van der Waals surface area contributed by atoms with E-state index in [-0.39, 0.29) is 0 Å². The summed E-state index contributed by atoms with van der Waals surface area (Å²) < 4.78 is 7.98. The van der Waals surface area contributed by atoms with Gasteiger partial charge in [0, 0.05) is 0 Å². The average Bonchev–Trinajstić information content (AvgIpc) is 1.84. The lowest BCUT2D eigenvalue weighted by molar-refractivity contribution is -0.160. The fraction of sp³-hybridized carbons (Fsp3) is 0.333. The molecule has 0 rings (SSSR count). The van der Waals surface area contributed by atoms with Crippen molar-refractivity contribution >= 4 is 20.0 Å². The van der Waals surface area contributed by atoms with Crippen LogP contribution in [0.15, 0.2) is 0 Å². The van der Waals surface area contributed by atoms with Crippen molar-refractivity contribution in [2.24, 2.45) is 0 Å². The molecule has 0 radical (unpaired) electrons. The molecular formula is C3H5BO4. The molecular weight excluding hydrogens is 111 g/mol. The van der Waals surface area contributed by atoms with Crippen molar-refractivity contribution in [3.63, 3.8) is 0 Å². The molecule has 8 heavy (non-hydrogen) atoms. The van der Waals surface area contributed by atoms with Crippen LogP contribution in [0.1, 0.15) is 0 Å². The van der Waals surface area contributed by atoms with Crippen molar-refractivity contribution in [2.75, 3.05) is 7.11 Å². The summed E-state index contributed by atoms with van der Waals surface area (Å²) in [6.45, 7) is 0. The lowest BCUT2D eigenvalue weighted by Crippen LogP contribution is -2.17. The van der Waals surface area contributed by atoms with Crippen LogP contribution in [0.5, 0.6) is 0 Å². The maximum Gasteiger partial charge on any atom is 0.415 e. The molecule has 0 unspecified atom stereocenters. The topological polar surface area (TPSA) is 52.6 Å². The lowest BCUT2D eigenvalue weighted by atomic mass is 10.5. The van der Waals surface area contributed by atoms with Crippen LogP contribution in [0.3, 0.4) is 0 Å². The van der Waals surface area contributed by atoms with Gasteiger partial charge in [-0.1, -0.05) is 0 Å². The summed E-state index contributed by atoms with van der Waals surface area (Å²) in [5, 5.41) is 0. The van der Waals surface area contributed by atoms with Crippen LogP contribution < -0.4 is 0 Å². The summed E-state index contributed by atoms with van der Waals surface area (Å²) in [5.74, 6) is -1.96. The van der Waals surface area contributed by atoms with Gasteiger partial charge in [-0.25, -0.2) is 9.59 Å². The molecule has 0 aliphatic heterocycles. The standard InChI is InChI=1S/C3H5BO4/c1-7-2(5)3(6)8-4/h4H2,1H3. The highest BCUT2D eigenvalue weighted by atomic mass is 16.6. The van der Waals surface area contributed by atoms with Gasteiger partial charge in [0.25, 0.3) is 0 Å². The summed E-state index contributed by atoms with van der Waals surface area (Å²) in [5.41, 5.74) is 0. The van der Waals surface area contributed by atoms with Crippen LogP contribution in [0.25, 0.3) is 0 Å². The third-order valence-electron chi connectivity index (χ3n) is 0.537. The first-order valence-corrected chi connectivity index (χ1v) is 1.88. The van der Waals surface area contributed by atoms with Crippen LogP contribution in [0.2, 0.25) is 0 Å². The highest BCUT2D eigenvalue weighted by molar-refractivity contribution is 6.33. The number of ether oxygens (including phenoxy) is 1. The van der Waals surface area contributed by atoms with Gasteiger partial charge in [0.1, 0.15) is 0 Å². The van der Waals surface area contributed by atoms with Crippen molar-refractivity contribution in [3.8, 4) is 0 Å². The number of carbonyl (C=O) groups excluding carboxylic acids is 2. The first-order chi connectivity index (χ1) is 3.72. The molecule has 0 bridgehead atoms. The molecule has 0 aliphatic carbocycles. The van der Waals surface area contributed by atoms with Gasteiger partial charge >= 0.3 is 20.0 Å². The van der Waals surface area contributed by atoms with Crippen molar-refractivity contribution in [1.82, 2.24) is 0 Å². The molecule has 0 heterocycles. The van der Waals surface area contributed by atoms with E-state index in [1.165, 1.54) is 0 Å². The molecule has 0 aromatic carbocycles.